The third-order valence-electron chi connectivity index (χ3n) is 4.23. The smallest absolute Gasteiger partial charge is 0.0674 e. The number of pyridine rings is 1. The van der Waals surface area contributed by atoms with Crippen molar-refractivity contribution in [3.8, 4) is 0 Å². The van der Waals surface area contributed by atoms with Crippen LogP contribution in [0.15, 0.2) is 48.8 Å². The number of aliphatic hydroxyl groups is 1. The van der Waals surface area contributed by atoms with E-state index in [2.05, 4.69) is 34.6 Å². The molecule has 0 radical (unpaired) electrons. The lowest BCUT2D eigenvalue weighted by Crippen LogP contribution is -2.47. The van der Waals surface area contributed by atoms with Gasteiger partial charge in [-0.25, -0.2) is 0 Å². The van der Waals surface area contributed by atoms with Crippen molar-refractivity contribution in [3.63, 3.8) is 0 Å². The molecule has 0 fully saturated rings. The van der Waals surface area contributed by atoms with Crippen LogP contribution < -0.4 is 5.32 Å². The van der Waals surface area contributed by atoms with Gasteiger partial charge in [-0.2, -0.15) is 0 Å². The summed E-state index contributed by atoms with van der Waals surface area (Å²) < 4.78 is 0. The van der Waals surface area contributed by atoms with Gasteiger partial charge in [0.15, 0.2) is 0 Å². The second-order valence-electron chi connectivity index (χ2n) is 5.46. The molecule has 0 spiro atoms. The van der Waals surface area contributed by atoms with E-state index in [1.807, 2.05) is 12.1 Å². The number of aromatic nitrogens is 1. The molecule has 0 bridgehead atoms. The van der Waals surface area contributed by atoms with Gasteiger partial charge in [0.1, 0.15) is 0 Å². The molecule has 1 aliphatic carbocycles. The van der Waals surface area contributed by atoms with Gasteiger partial charge in [0.25, 0.3) is 0 Å². The van der Waals surface area contributed by atoms with Crippen LogP contribution in [0.25, 0.3) is 0 Å². The molecule has 0 aliphatic heterocycles. The molecule has 3 nitrogen and oxygen atoms in total. The van der Waals surface area contributed by atoms with Crippen LogP contribution in [-0.4, -0.2) is 16.7 Å². The van der Waals surface area contributed by atoms with Gasteiger partial charge in [-0.1, -0.05) is 24.3 Å². The average molecular weight is 268 g/mol. The summed E-state index contributed by atoms with van der Waals surface area (Å²) in [6.07, 6.45) is 6.80. The van der Waals surface area contributed by atoms with E-state index >= 15 is 0 Å². The van der Waals surface area contributed by atoms with E-state index < -0.39 is 0 Å². The molecule has 3 heteroatoms. The molecule has 0 saturated heterocycles. The van der Waals surface area contributed by atoms with Gasteiger partial charge in [-0.3, -0.25) is 4.98 Å². The number of fused-ring (bicyclic) bond motifs is 1. The van der Waals surface area contributed by atoms with Crippen LogP contribution in [0.2, 0.25) is 0 Å². The normalized spacial score (nSPS) is 21.4. The molecule has 0 amide bonds. The van der Waals surface area contributed by atoms with Crippen molar-refractivity contribution < 1.29 is 5.11 Å². The zero-order chi connectivity index (χ0) is 13.8. The molecule has 1 aromatic carbocycles. The molecule has 0 unspecified atom stereocenters. The molecule has 0 saturated carbocycles. The van der Waals surface area contributed by atoms with Crippen LogP contribution in [0, 0.1) is 0 Å². The Morgan fingerprint density at radius 1 is 1.15 bits per heavy atom. The van der Waals surface area contributed by atoms with Crippen molar-refractivity contribution >= 4 is 0 Å². The van der Waals surface area contributed by atoms with Crippen molar-refractivity contribution in [1.82, 2.24) is 10.3 Å². The SMILES string of the molecule is OC[C@]1(NCc2ccncc2)CCCc2ccccc21. The summed E-state index contributed by atoms with van der Waals surface area (Å²) in [5.74, 6) is 0. The minimum absolute atomic E-state index is 0.134. The van der Waals surface area contributed by atoms with E-state index in [9.17, 15) is 5.11 Å². The Balaban J connectivity index is 1.85. The van der Waals surface area contributed by atoms with Gasteiger partial charge in [0.2, 0.25) is 0 Å². The fourth-order valence-electron chi connectivity index (χ4n) is 3.10. The molecular weight excluding hydrogens is 248 g/mol. The highest BCUT2D eigenvalue weighted by atomic mass is 16.3. The van der Waals surface area contributed by atoms with Gasteiger partial charge < -0.3 is 10.4 Å². The summed E-state index contributed by atoms with van der Waals surface area (Å²) in [5, 5.41) is 13.6. The minimum Gasteiger partial charge on any atom is -0.394 e. The number of aliphatic hydroxyl groups excluding tert-OH is 1. The molecular formula is C17H20N2O. The average Bonchev–Trinajstić information content (AvgIpc) is 2.54. The van der Waals surface area contributed by atoms with Crippen LogP contribution in [0.1, 0.15) is 29.5 Å². The first-order valence-electron chi connectivity index (χ1n) is 7.17. The maximum absolute atomic E-state index is 9.99. The first-order chi connectivity index (χ1) is 9.84. The highest BCUT2D eigenvalue weighted by molar-refractivity contribution is 5.36. The number of hydrogen-bond donors (Lipinski definition) is 2. The van der Waals surface area contributed by atoms with E-state index in [1.165, 1.54) is 16.7 Å². The van der Waals surface area contributed by atoms with Gasteiger partial charge in [0, 0.05) is 18.9 Å². The molecule has 1 heterocycles. The van der Waals surface area contributed by atoms with E-state index in [0.717, 1.165) is 25.8 Å². The lowest BCUT2D eigenvalue weighted by atomic mass is 9.77. The van der Waals surface area contributed by atoms with E-state index in [4.69, 9.17) is 0 Å². The molecule has 2 aromatic rings. The van der Waals surface area contributed by atoms with E-state index in [1.54, 1.807) is 12.4 Å². The predicted molar refractivity (Wildman–Crippen MR) is 79.2 cm³/mol. The lowest BCUT2D eigenvalue weighted by molar-refractivity contribution is 0.140. The Hall–Kier alpha value is -1.71. The van der Waals surface area contributed by atoms with Gasteiger partial charge in [-0.15, -0.1) is 0 Å². The quantitative estimate of drug-likeness (QED) is 0.895. The zero-order valence-electron chi connectivity index (χ0n) is 11.5. The lowest BCUT2D eigenvalue weighted by Gasteiger charge is -2.39. The Kier molecular flexibility index (Phi) is 3.81. The largest absolute Gasteiger partial charge is 0.394 e. The monoisotopic (exact) mass is 268 g/mol. The second kappa shape index (κ2) is 5.73. The number of rotatable bonds is 4. The van der Waals surface area contributed by atoms with Crippen molar-refractivity contribution in [3.05, 3.63) is 65.5 Å². The summed E-state index contributed by atoms with van der Waals surface area (Å²) in [6, 6.07) is 12.5. The first kappa shape index (κ1) is 13.3. The Morgan fingerprint density at radius 2 is 1.95 bits per heavy atom. The maximum atomic E-state index is 9.99. The Morgan fingerprint density at radius 3 is 2.75 bits per heavy atom. The molecule has 2 N–H and O–H groups in total. The Labute approximate surface area is 119 Å². The Bertz CT molecular complexity index is 570. The summed E-state index contributed by atoms with van der Waals surface area (Å²) in [4.78, 5) is 4.04. The van der Waals surface area contributed by atoms with Gasteiger partial charge >= 0.3 is 0 Å². The van der Waals surface area contributed by atoms with Crippen molar-refractivity contribution in [1.29, 1.82) is 0 Å². The molecule has 1 atom stereocenters. The number of nitrogens with zero attached hydrogens (tertiary/aromatic N) is 1. The zero-order valence-corrected chi connectivity index (χ0v) is 11.5. The number of hydrogen-bond acceptors (Lipinski definition) is 3. The van der Waals surface area contributed by atoms with Crippen molar-refractivity contribution in [2.24, 2.45) is 0 Å². The fraction of sp³-hybridized carbons (Fsp3) is 0.353. The molecule has 104 valence electrons. The van der Waals surface area contributed by atoms with Crippen LogP contribution in [-0.2, 0) is 18.5 Å². The van der Waals surface area contributed by atoms with Crippen molar-refractivity contribution in [2.45, 2.75) is 31.3 Å². The standard InChI is InChI=1S/C17H20N2O/c20-13-17(19-12-14-7-10-18-11-8-14)9-3-5-15-4-1-2-6-16(15)17/h1-2,4,6-8,10-11,19-20H,3,5,9,12-13H2/t17-/m1/s1. The summed E-state index contributed by atoms with van der Waals surface area (Å²) >= 11 is 0. The fourth-order valence-corrected chi connectivity index (χ4v) is 3.10. The van der Waals surface area contributed by atoms with Crippen LogP contribution >= 0.6 is 0 Å². The van der Waals surface area contributed by atoms with Crippen LogP contribution in [0.5, 0.6) is 0 Å². The van der Waals surface area contributed by atoms with E-state index in [-0.39, 0.29) is 12.1 Å². The summed E-state index contributed by atoms with van der Waals surface area (Å²) in [6.45, 7) is 0.881. The second-order valence-corrected chi connectivity index (χ2v) is 5.46. The minimum atomic E-state index is -0.307. The third-order valence-corrected chi connectivity index (χ3v) is 4.23. The van der Waals surface area contributed by atoms with E-state index in [0.29, 0.717) is 0 Å². The number of nitrogens with one attached hydrogen (secondary N) is 1. The highest BCUT2D eigenvalue weighted by Gasteiger charge is 2.35. The number of aryl methyl sites for hydroxylation is 1. The maximum Gasteiger partial charge on any atom is 0.0674 e. The highest BCUT2D eigenvalue weighted by Crippen LogP contribution is 2.35. The summed E-state index contributed by atoms with van der Waals surface area (Å²) in [5.41, 5.74) is 3.49. The molecule has 1 aliphatic rings. The first-order valence-corrected chi connectivity index (χ1v) is 7.17. The van der Waals surface area contributed by atoms with Crippen LogP contribution in [0.4, 0.5) is 0 Å². The molecule has 1 aromatic heterocycles. The van der Waals surface area contributed by atoms with Crippen molar-refractivity contribution in [2.75, 3.05) is 6.61 Å². The topological polar surface area (TPSA) is 45.1 Å². The third kappa shape index (κ3) is 2.47. The van der Waals surface area contributed by atoms with Gasteiger partial charge in [-0.05, 0) is 48.1 Å². The van der Waals surface area contributed by atoms with Crippen LogP contribution in [0.3, 0.4) is 0 Å². The summed E-state index contributed by atoms with van der Waals surface area (Å²) in [7, 11) is 0. The molecule has 3 rings (SSSR count). The molecule has 20 heavy (non-hydrogen) atoms. The van der Waals surface area contributed by atoms with Gasteiger partial charge in [0.05, 0.1) is 12.1 Å². The predicted octanol–water partition coefficient (Wildman–Crippen LogP) is 2.40. The number of benzene rings is 1.